The Kier molecular flexibility index (Phi) is 4.14. The Morgan fingerprint density at radius 2 is 2.33 bits per heavy atom. The molecule has 4 heteroatoms. The molecule has 1 amide bonds. The van der Waals surface area contributed by atoms with Crippen molar-refractivity contribution >= 4 is 17.5 Å². The Bertz CT molecular complexity index is 434. The molecule has 2 nitrogen and oxygen atoms in total. The van der Waals surface area contributed by atoms with Gasteiger partial charge < -0.3 is 5.32 Å². The zero-order valence-electron chi connectivity index (χ0n) is 8.10. The molecule has 1 N–H and O–H groups in total. The Labute approximate surface area is 92.4 Å². The first-order valence-electron chi connectivity index (χ1n) is 4.28. The van der Waals surface area contributed by atoms with Crippen molar-refractivity contribution in [3.8, 4) is 11.8 Å². The monoisotopic (exact) mass is 225 g/mol. The minimum Gasteiger partial charge on any atom is -0.345 e. The normalized spacial score (nSPS) is 9.00. The fourth-order valence-electron chi connectivity index (χ4n) is 0.889. The summed E-state index contributed by atoms with van der Waals surface area (Å²) in [6.07, 6.45) is 0. The summed E-state index contributed by atoms with van der Waals surface area (Å²) in [5.74, 6) is 4.75. The van der Waals surface area contributed by atoms with Gasteiger partial charge in [-0.1, -0.05) is 23.4 Å². The van der Waals surface area contributed by atoms with Crippen molar-refractivity contribution < 1.29 is 9.18 Å². The molecule has 0 heterocycles. The van der Waals surface area contributed by atoms with Gasteiger partial charge in [-0.2, -0.15) is 0 Å². The van der Waals surface area contributed by atoms with Crippen molar-refractivity contribution in [1.29, 1.82) is 0 Å². The van der Waals surface area contributed by atoms with Crippen LogP contribution in [-0.4, -0.2) is 12.5 Å². The third kappa shape index (κ3) is 4.01. The molecular formula is C11H9ClFNO. The molecular weight excluding hydrogens is 217 g/mol. The standard InChI is InChI=1S/C11H9ClFNO/c1-8(15)14-6-2-3-9-4-5-10(12)11(13)7-9/h4-5,7H,6H2,1H3,(H,14,15). The number of carbonyl (C=O) groups is 1. The lowest BCUT2D eigenvalue weighted by Crippen LogP contribution is -2.19. The van der Waals surface area contributed by atoms with Gasteiger partial charge in [-0.3, -0.25) is 4.79 Å². The first kappa shape index (κ1) is 11.5. The van der Waals surface area contributed by atoms with Gasteiger partial charge in [-0.25, -0.2) is 4.39 Å². The van der Waals surface area contributed by atoms with Crippen LogP contribution in [0.3, 0.4) is 0 Å². The molecule has 78 valence electrons. The number of amides is 1. The van der Waals surface area contributed by atoms with Crippen LogP contribution in [0.1, 0.15) is 12.5 Å². The fourth-order valence-corrected chi connectivity index (χ4v) is 1.01. The summed E-state index contributed by atoms with van der Waals surface area (Å²) in [7, 11) is 0. The molecule has 15 heavy (non-hydrogen) atoms. The third-order valence-electron chi connectivity index (χ3n) is 1.58. The summed E-state index contributed by atoms with van der Waals surface area (Å²) in [6, 6.07) is 4.31. The SMILES string of the molecule is CC(=O)NCC#Cc1ccc(Cl)c(F)c1. The molecule has 0 saturated heterocycles. The molecule has 0 aromatic heterocycles. The van der Waals surface area contributed by atoms with E-state index in [1.54, 1.807) is 6.07 Å². The van der Waals surface area contributed by atoms with Crippen LogP contribution in [0.15, 0.2) is 18.2 Å². The van der Waals surface area contributed by atoms with Gasteiger partial charge in [0.1, 0.15) is 5.82 Å². The van der Waals surface area contributed by atoms with Crippen LogP contribution in [0, 0.1) is 17.7 Å². The Morgan fingerprint density at radius 1 is 1.60 bits per heavy atom. The van der Waals surface area contributed by atoms with Crippen LogP contribution in [0.2, 0.25) is 5.02 Å². The van der Waals surface area contributed by atoms with Crippen molar-refractivity contribution in [2.75, 3.05) is 6.54 Å². The summed E-state index contributed by atoms with van der Waals surface area (Å²) < 4.78 is 12.9. The second kappa shape index (κ2) is 5.38. The molecule has 0 aliphatic rings. The number of hydrogen-bond donors (Lipinski definition) is 1. The molecule has 0 radical (unpaired) electrons. The van der Waals surface area contributed by atoms with Crippen LogP contribution < -0.4 is 5.32 Å². The second-order valence-corrected chi connectivity index (χ2v) is 3.25. The van der Waals surface area contributed by atoms with Crippen molar-refractivity contribution in [3.05, 3.63) is 34.6 Å². The number of carbonyl (C=O) groups excluding carboxylic acids is 1. The molecule has 1 aromatic carbocycles. The topological polar surface area (TPSA) is 29.1 Å². The van der Waals surface area contributed by atoms with Crippen molar-refractivity contribution in [2.45, 2.75) is 6.92 Å². The van der Waals surface area contributed by atoms with Crippen molar-refractivity contribution in [2.24, 2.45) is 0 Å². The first-order valence-corrected chi connectivity index (χ1v) is 4.66. The zero-order valence-corrected chi connectivity index (χ0v) is 8.86. The van der Waals surface area contributed by atoms with Gasteiger partial charge >= 0.3 is 0 Å². The lowest BCUT2D eigenvalue weighted by atomic mass is 10.2. The predicted octanol–water partition coefficient (Wildman–Crippen LogP) is 1.97. The summed E-state index contributed by atoms with van der Waals surface area (Å²) in [4.78, 5) is 10.5. The van der Waals surface area contributed by atoms with E-state index in [-0.39, 0.29) is 17.5 Å². The number of nitrogens with one attached hydrogen (secondary N) is 1. The minimum absolute atomic E-state index is 0.0717. The maximum absolute atomic E-state index is 12.9. The van der Waals surface area contributed by atoms with Crippen LogP contribution in [-0.2, 0) is 4.79 Å². The number of benzene rings is 1. The predicted molar refractivity (Wildman–Crippen MR) is 57.0 cm³/mol. The highest BCUT2D eigenvalue weighted by molar-refractivity contribution is 6.30. The molecule has 0 bridgehead atoms. The van der Waals surface area contributed by atoms with Crippen LogP contribution in [0.25, 0.3) is 0 Å². The van der Waals surface area contributed by atoms with Crippen molar-refractivity contribution in [1.82, 2.24) is 5.32 Å². The quantitative estimate of drug-likeness (QED) is 0.728. The zero-order chi connectivity index (χ0) is 11.3. The average molecular weight is 226 g/mol. The Hall–Kier alpha value is -1.53. The van der Waals surface area contributed by atoms with Crippen molar-refractivity contribution in [3.63, 3.8) is 0 Å². The molecule has 0 fully saturated rings. The molecule has 0 unspecified atom stereocenters. The largest absolute Gasteiger partial charge is 0.345 e. The number of hydrogen-bond acceptors (Lipinski definition) is 1. The number of rotatable bonds is 1. The van der Waals surface area contributed by atoms with E-state index < -0.39 is 5.82 Å². The van der Waals surface area contributed by atoms with E-state index in [4.69, 9.17) is 11.6 Å². The third-order valence-corrected chi connectivity index (χ3v) is 1.88. The molecule has 1 rings (SSSR count). The molecule has 0 atom stereocenters. The summed E-state index contributed by atoms with van der Waals surface area (Å²) in [5.41, 5.74) is 0.530. The molecule has 0 spiro atoms. The van der Waals surface area contributed by atoms with E-state index in [1.807, 2.05) is 0 Å². The van der Waals surface area contributed by atoms with Gasteiger partial charge in [0.25, 0.3) is 0 Å². The van der Waals surface area contributed by atoms with E-state index in [1.165, 1.54) is 19.1 Å². The molecule has 0 aliphatic heterocycles. The van der Waals surface area contributed by atoms with Crippen LogP contribution in [0.5, 0.6) is 0 Å². The molecule has 0 aliphatic carbocycles. The van der Waals surface area contributed by atoms with Gasteiger partial charge in [0, 0.05) is 12.5 Å². The van der Waals surface area contributed by atoms with Gasteiger partial charge in [0.15, 0.2) is 0 Å². The Balaban J connectivity index is 2.64. The van der Waals surface area contributed by atoms with E-state index in [0.717, 1.165) is 0 Å². The minimum atomic E-state index is -0.497. The van der Waals surface area contributed by atoms with Gasteiger partial charge in [-0.05, 0) is 18.2 Å². The summed E-state index contributed by atoms with van der Waals surface area (Å²) in [6.45, 7) is 1.66. The first-order chi connectivity index (χ1) is 7.09. The van der Waals surface area contributed by atoms with Crippen LogP contribution >= 0.6 is 11.6 Å². The van der Waals surface area contributed by atoms with E-state index in [2.05, 4.69) is 17.2 Å². The van der Waals surface area contributed by atoms with E-state index in [0.29, 0.717) is 5.56 Å². The molecule has 0 saturated carbocycles. The highest BCUT2D eigenvalue weighted by Gasteiger charge is 1.97. The summed E-state index contributed by atoms with van der Waals surface area (Å²) in [5, 5.41) is 2.58. The van der Waals surface area contributed by atoms with Gasteiger partial charge in [0.05, 0.1) is 11.6 Å². The second-order valence-electron chi connectivity index (χ2n) is 2.84. The summed E-state index contributed by atoms with van der Waals surface area (Å²) >= 11 is 5.50. The highest BCUT2D eigenvalue weighted by Crippen LogP contribution is 2.14. The van der Waals surface area contributed by atoms with Crippen LogP contribution in [0.4, 0.5) is 4.39 Å². The van der Waals surface area contributed by atoms with E-state index >= 15 is 0 Å². The Morgan fingerprint density at radius 3 is 2.93 bits per heavy atom. The van der Waals surface area contributed by atoms with Gasteiger partial charge in [-0.15, -0.1) is 0 Å². The maximum Gasteiger partial charge on any atom is 0.217 e. The van der Waals surface area contributed by atoms with E-state index in [9.17, 15) is 9.18 Å². The average Bonchev–Trinajstić information content (AvgIpc) is 2.18. The highest BCUT2D eigenvalue weighted by atomic mass is 35.5. The van der Waals surface area contributed by atoms with Gasteiger partial charge in [0.2, 0.25) is 5.91 Å². The lowest BCUT2D eigenvalue weighted by Gasteiger charge is -1.94. The molecule has 1 aromatic rings. The lowest BCUT2D eigenvalue weighted by molar-refractivity contribution is -0.118. The fraction of sp³-hybridized carbons (Fsp3) is 0.182. The smallest absolute Gasteiger partial charge is 0.217 e. The maximum atomic E-state index is 12.9. The number of halogens is 2.